The van der Waals surface area contributed by atoms with E-state index in [1.807, 2.05) is 30.3 Å². The molecule has 1 aliphatic rings. The van der Waals surface area contributed by atoms with Gasteiger partial charge in [0, 0.05) is 25.1 Å². The molecule has 0 saturated carbocycles. The van der Waals surface area contributed by atoms with Crippen molar-refractivity contribution in [1.29, 1.82) is 0 Å². The van der Waals surface area contributed by atoms with E-state index in [-0.39, 0.29) is 0 Å². The van der Waals surface area contributed by atoms with Gasteiger partial charge < -0.3 is 15.1 Å². The molecule has 1 atom stereocenters. The first-order chi connectivity index (χ1) is 13.8. The molecule has 0 fully saturated rings. The van der Waals surface area contributed by atoms with Crippen molar-refractivity contribution in [3.05, 3.63) is 77.7 Å². The summed E-state index contributed by atoms with van der Waals surface area (Å²) in [4.78, 5) is 8.90. The number of oxazole rings is 1. The molecule has 3 aromatic rings. The van der Waals surface area contributed by atoms with Crippen molar-refractivity contribution in [2.75, 3.05) is 13.6 Å². The van der Waals surface area contributed by atoms with Gasteiger partial charge in [-0.05, 0) is 42.5 Å². The Morgan fingerprint density at radius 2 is 1.93 bits per heavy atom. The van der Waals surface area contributed by atoms with Gasteiger partial charge in [-0.25, -0.2) is 4.98 Å². The van der Waals surface area contributed by atoms with Crippen LogP contribution in [0.25, 0.3) is 11.5 Å². The van der Waals surface area contributed by atoms with Crippen LogP contribution in [-0.2, 0) is 13.0 Å². The van der Waals surface area contributed by atoms with Crippen molar-refractivity contribution in [2.45, 2.75) is 31.7 Å². The maximum absolute atomic E-state index is 5.60. The van der Waals surface area contributed by atoms with Gasteiger partial charge in [0.15, 0.2) is 5.96 Å². The predicted molar refractivity (Wildman–Crippen MR) is 112 cm³/mol. The monoisotopic (exact) mass is 374 g/mol. The molecular weight excluding hydrogens is 348 g/mol. The molecule has 5 heteroatoms. The number of aliphatic imine (C=N–C) groups is 1. The van der Waals surface area contributed by atoms with Crippen LogP contribution in [0.3, 0.4) is 0 Å². The molecule has 28 heavy (non-hydrogen) atoms. The minimum Gasteiger partial charge on any atom is -0.444 e. The van der Waals surface area contributed by atoms with Gasteiger partial charge in [-0.3, -0.25) is 4.99 Å². The third kappa shape index (κ3) is 4.25. The lowest BCUT2D eigenvalue weighted by atomic mass is 9.83. The van der Waals surface area contributed by atoms with Crippen LogP contribution >= 0.6 is 0 Å². The van der Waals surface area contributed by atoms with E-state index in [1.165, 1.54) is 30.4 Å². The SMILES string of the molecule is CN=C(NCc1coc(-c2ccccc2)n1)NCC1CCCc2ccccc21. The standard InChI is InChI=1S/C23H26N4O/c1-24-23(25-14-19-12-7-11-17-8-5-6-13-21(17)19)26-15-20-16-28-22(27-20)18-9-3-2-4-10-18/h2-6,8-10,13,16,19H,7,11-12,14-15H2,1H3,(H2,24,25,26). The second-order valence-corrected chi connectivity index (χ2v) is 7.10. The normalized spacial score (nSPS) is 16.5. The Morgan fingerprint density at radius 3 is 2.79 bits per heavy atom. The van der Waals surface area contributed by atoms with Crippen LogP contribution in [0.4, 0.5) is 0 Å². The van der Waals surface area contributed by atoms with Crippen LogP contribution in [-0.4, -0.2) is 24.5 Å². The molecular formula is C23H26N4O. The summed E-state index contributed by atoms with van der Waals surface area (Å²) in [5, 5.41) is 6.80. The molecule has 0 radical (unpaired) electrons. The highest BCUT2D eigenvalue weighted by Crippen LogP contribution is 2.30. The highest BCUT2D eigenvalue weighted by molar-refractivity contribution is 5.79. The van der Waals surface area contributed by atoms with Gasteiger partial charge in [0.1, 0.15) is 6.26 Å². The van der Waals surface area contributed by atoms with Crippen LogP contribution < -0.4 is 10.6 Å². The first kappa shape index (κ1) is 18.3. The summed E-state index contributed by atoms with van der Waals surface area (Å²) >= 11 is 0. The number of aryl methyl sites for hydroxylation is 1. The van der Waals surface area contributed by atoms with Gasteiger partial charge in [0.25, 0.3) is 0 Å². The molecule has 0 aliphatic heterocycles. The van der Waals surface area contributed by atoms with Crippen molar-refractivity contribution < 1.29 is 4.42 Å². The second kappa shape index (κ2) is 8.74. The number of guanidine groups is 1. The number of nitrogens with zero attached hydrogens (tertiary/aromatic N) is 2. The number of aromatic nitrogens is 1. The van der Waals surface area contributed by atoms with Crippen LogP contribution in [0.5, 0.6) is 0 Å². The second-order valence-electron chi connectivity index (χ2n) is 7.10. The van der Waals surface area contributed by atoms with E-state index >= 15 is 0 Å². The Balaban J connectivity index is 1.32. The van der Waals surface area contributed by atoms with E-state index in [4.69, 9.17) is 4.42 Å². The van der Waals surface area contributed by atoms with E-state index in [0.29, 0.717) is 18.4 Å². The third-order valence-corrected chi connectivity index (χ3v) is 5.24. The van der Waals surface area contributed by atoms with E-state index in [1.54, 1.807) is 13.3 Å². The fourth-order valence-electron chi connectivity index (χ4n) is 3.78. The fourth-order valence-corrected chi connectivity index (χ4v) is 3.78. The quantitative estimate of drug-likeness (QED) is 0.521. The molecule has 1 heterocycles. The maximum atomic E-state index is 5.60. The van der Waals surface area contributed by atoms with Crippen molar-refractivity contribution in [1.82, 2.24) is 15.6 Å². The minimum absolute atomic E-state index is 0.528. The topological polar surface area (TPSA) is 62.5 Å². The fraction of sp³-hybridized carbons (Fsp3) is 0.304. The molecule has 0 bridgehead atoms. The smallest absolute Gasteiger partial charge is 0.226 e. The zero-order chi connectivity index (χ0) is 19.2. The summed E-state index contributed by atoms with van der Waals surface area (Å²) in [7, 11) is 1.79. The van der Waals surface area contributed by atoms with Gasteiger partial charge in [-0.1, -0.05) is 42.5 Å². The van der Waals surface area contributed by atoms with Crippen LogP contribution in [0, 0.1) is 0 Å². The lowest BCUT2D eigenvalue weighted by Gasteiger charge is -2.26. The van der Waals surface area contributed by atoms with Gasteiger partial charge >= 0.3 is 0 Å². The van der Waals surface area contributed by atoms with Gasteiger partial charge in [0.05, 0.1) is 12.2 Å². The van der Waals surface area contributed by atoms with Crippen molar-refractivity contribution in [3.8, 4) is 11.5 Å². The average molecular weight is 374 g/mol. The lowest BCUT2D eigenvalue weighted by Crippen LogP contribution is -2.39. The lowest BCUT2D eigenvalue weighted by molar-refractivity contribution is 0.539. The van der Waals surface area contributed by atoms with Gasteiger partial charge in [-0.15, -0.1) is 0 Å². The Bertz CT molecular complexity index is 933. The van der Waals surface area contributed by atoms with Gasteiger partial charge in [-0.2, -0.15) is 0 Å². The molecule has 0 saturated heterocycles. The Kier molecular flexibility index (Phi) is 5.71. The number of nitrogens with one attached hydrogen (secondary N) is 2. The Hall–Kier alpha value is -3.08. The highest BCUT2D eigenvalue weighted by atomic mass is 16.3. The molecule has 5 nitrogen and oxygen atoms in total. The molecule has 1 aliphatic carbocycles. The first-order valence-corrected chi connectivity index (χ1v) is 9.85. The van der Waals surface area contributed by atoms with Crippen molar-refractivity contribution >= 4 is 5.96 Å². The average Bonchev–Trinajstić information content (AvgIpc) is 3.24. The Labute approximate surface area is 165 Å². The molecule has 4 rings (SSSR count). The number of rotatable bonds is 5. The zero-order valence-corrected chi connectivity index (χ0v) is 16.2. The molecule has 2 N–H and O–H groups in total. The zero-order valence-electron chi connectivity index (χ0n) is 16.2. The highest BCUT2D eigenvalue weighted by Gasteiger charge is 2.19. The molecule has 1 unspecified atom stereocenters. The minimum atomic E-state index is 0.528. The molecule has 1 aromatic heterocycles. The summed E-state index contributed by atoms with van der Waals surface area (Å²) < 4.78 is 5.60. The maximum Gasteiger partial charge on any atom is 0.226 e. The van der Waals surface area contributed by atoms with Crippen molar-refractivity contribution in [3.63, 3.8) is 0 Å². The van der Waals surface area contributed by atoms with Crippen LogP contribution in [0.15, 0.2) is 70.3 Å². The van der Waals surface area contributed by atoms with Crippen molar-refractivity contribution in [2.24, 2.45) is 4.99 Å². The van der Waals surface area contributed by atoms with Crippen LogP contribution in [0.2, 0.25) is 0 Å². The number of fused-ring (bicyclic) bond motifs is 1. The van der Waals surface area contributed by atoms with Crippen LogP contribution in [0.1, 0.15) is 35.6 Å². The summed E-state index contributed by atoms with van der Waals surface area (Å²) in [6.45, 7) is 1.45. The number of benzene rings is 2. The first-order valence-electron chi connectivity index (χ1n) is 9.85. The molecule has 144 valence electrons. The summed E-state index contributed by atoms with van der Waals surface area (Å²) in [6.07, 6.45) is 5.34. The predicted octanol–water partition coefficient (Wildman–Crippen LogP) is 4.13. The summed E-state index contributed by atoms with van der Waals surface area (Å²) in [5.74, 6) is 1.95. The Morgan fingerprint density at radius 1 is 1.11 bits per heavy atom. The summed E-state index contributed by atoms with van der Waals surface area (Å²) in [6, 6.07) is 18.7. The summed E-state index contributed by atoms with van der Waals surface area (Å²) in [5.41, 5.74) is 4.79. The van der Waals surface area contributed by atoms with E-state index in [9.17, 15) is 0 Å². The number of hydrogen-bond acceptors (Lipinski definition) is 3. The molecule has 0 amide bonds. The largest absolute Gasteiger partial charge is 0.444 e. The van der Waals surface area contributed by atoms with Gasteiger partial charge in [0.2, 0.25) is 5.89 Å². The molecule has 2 aromatic carbocycles. The van der Waals surface area contributed by atoms with E-state index < -0.39 is 0 Å². The van der Waals surface area contributed by atoms with E-state index in [2.05, 4.69) is 44.9 Å². The third-order valence-electron chi connectivity index (χ3n) is 5.24. The molecule has 0 spiro atoms. The van der Waals surface area contributed by atoms with E-state index in [0.717, 1.165) is 23.8 Å². The number of hydrogen-bond donors (Lipinski definition) is 2.